The molecule has 1 heterocycles. The summed E-state index contributed by atoms with van der Waals surface area (Å²) < 4.78 is 21.2. The standard InChI is InChI=1S/C21H18BrN3O5/c1-27-14-4-5-16-17(8-14)25-21(24-16)13(10-23)6-12-7-18(28-2)19(9-15(12)22)30-11-20(26)29-3/h4-9H,11H2,1-3H3,(H,24,25). The van der Waals surface area contributed by atoms with Gasteiger partial charge < -0.3 is 23.9 Å². The Kier molecular flexibility index (Phi) is 6.59. The average Bonchev–Trinajstić information content (AvgIpc) is 3.19. The lowest BCUT2D eigenvalue weighted by molar-refractivity contribution is -0.142. The third-order valence-electron chi connectivity index (χ3n) is 4.22. The van der Waals surface area contributed by atoms with Gasteiger partial charge in [-0.25, -0.2) is 9.78 Å². The SMILES string of the molecule is COC(=O)COc1cc(Br)c(C=C(C#N)c2nc3ccc(OC)cc3[nH]2)cc1OC. The Morgan fingerprint density at radius 2 is 2.00 bits per heavy atom. The van der Waals surface area contributed by atoms with Crippen molar-refractivity contribution in [2.45, 2.75) is 0 Å². The fourth-order valence-corrected chi connectivity index (χ4v) is 3.12. The molecular weight excluding hydrogens is 454 g/mol. The summed E-state index contributed by atoms with van der Waals surface area (Å²) in [7, 11) is 4.35. The molecular formula is C21H18BrN3O5. The van der Waals surface area contributed by atoms with Gasteiger partial charge in [-0.05, 0) is 35.9 Å². The van der Waals surface area contributed by atoms with Crippen LogP contribution in [-0.2, 0) is 9.53 Å². The van der Waals surface area contributed by atoms with Crippen LogP contribution in [-0.4, -0.2) is 43.9 Å². The molecule has 0 aliphatic carbocycles. The number of esters is 1. The third-order valence-corrected chi connectivity index (χ3v) is 4.91. The molecule has 30 heavy (non-hydrogen) atoms. The highest BCUT2D eigenvalue weighted by Gasteiger charge is 2.14. The monoisotopic (exact) mass is 471 g/mol. The van der Waals surface area contributed by atoms with Crippen molar-refractivity contribution in [3.8, 4) is 23.3 Å². The molecule has 2 aromatic carbocycles. The van der Waals surface area contributed by atoms with E-state index in [1.807, 2.05) is 12.1 Å². The summed E-state index contributed by atoms with van der Waals surface area (Å²) in [5.41, 5.74) is 2.48. The van der Waals surface area contributed by atoms with E-state index in [0.29, 0.717) is 38.7 Å². The number of H-pyrrole nitrogens is 1. The van der Waals surface area contributed by atoms with Gasteiger partial charge in [-0.1, -0.05) is 15.9 Å². The van der Waals surface area contributed by atoms with E-state index in [2.05, 4.69) is 36.7 Å². The van der Waals surface area contributed by atoms with E-state index >= 15 is 0 Å². The van der Waals surface area contributed by atoms with Crippen molar-refractivity contribution in [3.05, 3.63) is 46.2 Å². The lowest BCUT2D eigenvalue weighted by Crippen LogP contribution is -2.13. The molecule has 0 aliphatic rings. The maximum Gasteiger partial charge on any atom is 0.343 e. The number of nitriles is 1. The number of methoxy groups -OCH3 is 3. The van der Waals surface area contributed by atoms with Crippen LogP contribution in [0.25, 0.3) is 22.7 Å². The smallest absolute Gasteiger partial charge is 0.343 e. The summed E-state index contributed by atoms with van der Waals surface area (Å²) in [5, 5.41) is 9.69. The summed E-state index contributed by atoms with van der Waals surface area (Å²) in [6.07, 6.45) is 1.67. The second kappa shape index (κ2) is 9.33. The highest BCUT2D eigenvalue weighted by atomic mass is 79.9. The predicted molar refractivity (Wildman–Crippen MR) is 114 cm³/mol. The van der Waals surface area contributed by atoms with Crippen molar-refractivity contribution in [1.29, 1.82) is 5.26 Å². The van der Waals surface area contributed by atoms with E-state index in [9.17, 15) is 10.1 Å². The van der Waals surface area contributed by atoms with Crippen LogP contribution in [0, 0.1) is 11.3 Å². The molecule has 0 aliphatic heterocycles. The number of allylic oxidation sites excluding steroid dienone is 1. The van der Waals surface area contributed by atoms with Crippen molar-refractivity contribution in [2.24, 2.45) is 0 Å². The van der Waals surface area contributed by atoms with E-state index in [-0.39, 0.29) is 6.61 Å². The maximum absolute atomic E-state index is 11.3. The van der Waals surface area contributed by atoms with Crippen LogP contribution in [0.2, 0.25) is 0 Å². The minimum atomic E-state index is -0.509. The first-order chi connectivity index (χ1) is 14.5. The predicted octanol–water partition coefficient (Wildman–Crippen LogP) is 3.96. The van der Waals surface area contributed by atoms with Gasteiger partial charge in [0, 0.05) is 10.5 Å². The number of nitrogens with zero attached hydrogens (tertiary/aromatic N) is 2. The molecule has 0 amide bonds. The molecule has 3 aromatic rings. The zero-order valence-corrected chi connectivity index (χ0v) is 18.1. The van der Waals surface area contributed by atoms with Gasteiger partial charge in [0.05, 0.1) is 37.9 Å². The number of hydrogen-bond acceptors (Lipinski definition) is 7. The van der Waals surface area contributed by atoms with Crippen molar-refractivity contribution in [3.63, 3.8) is 0 Å². The van der Waals surface area contributed by atoms with Crippen LogP contribution >= 0.6 is 15.9 Å². The number of aromatic nitrogens is 2. The largest absolute Gasteiger partial charge is 0.497 e. The van der Waals surface area contributed by atoms with Crippen LogP contribution < -0.4 is 14.2 Å². The number of hydrogen-bond donors (Lipinski definition) is 1. The minimum Gasteiger partial charge on any atom is -0.497 e. The molecule has 3 rings (SSSR count). The number of imidazole rings is 1. The Morgan fingerprint density at radius 3 is 2.67 bits per heavy atom. The molecule has 0 bridgehead atoms. The Labute approximate surface area is 181 Å². The van der Waals surface area contributed by atoms with Crippen LogP contribution in [0.1, 0.15) is 11.4 Å². The average molecular weight is 472 g/mol. The maximum atomic E-state index is 11.3. The van der Waals surface area contributed by atoms with E-state index < -0.39 is 5.97 Å². The van der Waals surface area contributed by atoms with Crippen LogP contribution in [0.5, 0.6) is 17.2 Å². The molecule has 1 N–H and O–H groups in total. The van der Waals surface area contributed by atoms with Gasteiger partial charge in [0.2, 0.25) is 0 Å². The molecule has 0 saturated heterocycles. The third kappa shape index (κ3) is 4.55. The number of rotatable bonds is 7. The molecule has 0 atom stereocenters. The van der Waals surface area contributed by atoms with Gasteiger partial charge in [-0.2, -0.15) is 5.26 Å². The number of carbonyl (C=O) groups excluding carboxylic acids is 1. The molecule has 0 radical (unpaired) electrons. The topological polar surface area (TPSA) is 106 Å². The van der Waals surface area contributed by atoms with Crippen molar-refractivity contribution >= 4 is 44.6 Å². The Hall–Kier alpha value is -3.51. The summed E-state index contributed by atoms with van der Waals surface area (Å²) in [6, 6.07) is 10.9. The zero-order valence-electron chi connectivity index (χ0n) is 16.5. The molecule has 0 saturated carbocycles. The van der Waals surface area contributed by atoms with E-state index in [0.717, 1.165) is 11.0 Å². The minimum absolute atomic E-state index is 0.250. The Bertz CT molecular complexity index is 1160. The lowest BCUT2D eigenvalue weighted by atomic mass is 10.1. The van der Waals surface area contributed by atoms with Gasteiger partial charge in [-0.15, -0.1) is 0 Å². The van der Waals surface area contributed by atoms with E-state index in [1.165, 1.54) is 14.2 Å². The Morgan fingerprint density at radius 1 is 1.20 bits per heavy atom. The molecule has 0 spiro atoms. The highest BCUT2D eigenvalue weighted by molar-refractivity contribution is 9.10. The first kappa shape index (κ1) is 21.2. The number of nitrogens with one attached hydrogen (secondary N) is 1. The lowest BCUT2D eigenvalue weighted by Gasteiger charge is -2.12. The van der Waals surface area contributed by atoms with Gasteiger partial charge in [0.25, 0.3) is 0 Å². The fourth-order valence-electron chi connectivity index (χ4n) is 2.68. The molecule has 0 fully saturated rings. The number of fused-ring (bicyclic) bond motifs is 1. The fraction of sp³-hybridized carbons (Fsp3) is 0.190. The summed E-state index contributed by atoms with van der Waals surface area (Å²) in [5.74, 6) is 1.37. The molecule has 0 unspecified atom stereocenters. The van der Waals surface area contributed by atoms with Crippen LogP contribution in [0.3, 0.4) is 0 Å². The Balaban J connectivity index is 1.97. The van der Waals surface area contributed by atoms with E-state index in [1.54, 1.807) is 31.4 Å². The van der Waals surface area contributed by atoms with Gasteiger partial charge >= 0.3 is 5.97 Å². The summed E-state index contributed by atoms with van der Waals surface area (Å²) in [6.45, 7) is -0.250. The summed E-state index contributed by atoms with van der Waals surface area (Å²) >= 11 is 3.47. The van der Waals surface area contributed by atoms with Crippen LogP contribution in [0.15, 0.2) is 34.8 Å². The van der Waals surface area contributed by atoms with Gasteiger partial charge in [-0.3, -0.25) is 0 Å². The second-order valence-corrected chi connectivity index (χ2v) is 6.88. The second-order valence-electron chi connectivity index (χ2n) is 6.03. The first-order valence-electron chi connectivity index (χ1n) is 8.72. The quantitative estimate of drug-likeness (QED) is 0.410. The molecule has 154 valence electrons. The summed E-state index contributed by atoms with van der Waals surface area (Å²) in [4.78, 5) is 18.9. The number of aromatic amines is 1. The molecule has 1 aromatic heterocycles. The van der Waals surface area contributed by atoms with Crippen molar-refractivity contribution < 1.29 is 23.7 Å². The van der Waals surface area contributed by atoms with Crippen molar-refractivity contribution in [1.82, 2.24) is 9.97 Å². The van der Waals surface area contributed by atoms with Crippen molar-refractivity contribution in [2.75, 3.05) is 27.9 Å². The van der Waals surface area contributed by atoms with Crippen LogP contribution in [0.4, 0.5) is 0 Å². The number of ether oxygens (including phenoxy) is 4. The normalized spacial score (nSPS) is 11.1. The number of carbonyl (C=O) groups is 1. The van der Waals surface area contributed by atoms with Gasteiger partial charge in [0.15, 0.2) is 18.1 Å². The molecule has 8 nitrogen and oxygen atoms in total. The zero-order chi connectivity index (χ0) is 21.7. The van der Waals surface area contributed by atoms with E-state index in [4.69, 9.17) is 14.2 Å². The highest BCUT2D eigenvalue weighted by Crippen LogP contribution is 2.35. The van der Waals surface area contributed by atoms with Gasteiger partial charge in [0.1, 0.15) is 17.6 Å². The molecule has 9 heteroatoms. The number of halogens is 1. The number of benzene rings is 2. The first-order valence-corrected chi connectivity index (χ1v) is 9.51.